The number of aliphatic hydroxyl groups excluding tert-OH is 3. The molecule has 0 bridgehead atoms. The van der Waals surface area contributed by atoms with Crippen molar-refractivity contribution in [2.24, 2.45) is 0 Å². The predicted molar refractivity (Wildman–Crippen MR) is 310 cm³/mol. The Bertz CT molecular complexity index is 2690. The van der Waals surface area contributed by atoms with Crippen LogP contribution in [0, 0.1) is 0 Å². The van der Waals surface area contributed by atoms with Crippen LogP contribution in [0.4, 0.5) is 0 Å². The zero-order valence-corrected chi connectivity index (χ0v) is 51.7. The summed E-state index contributed by atoms with van der Waals surface area (Å²) >= 11 is 0. The highest BCUT2D eigenvalue weighted by molar-refractivity contribution is 5.21. The maximum atomic E-state index is 12.2. The van der Waals surface area contributed by atoms with Gasteiger partial charge < -0.3 is 76.9 Å². The van der Waals surface area contributed by atoms with Gasteiger partial charge in [-0.2, -0.15) is 0 Å². The van der Waals surface area contributed by atoms with E-state index in [2.05, 4.69) is 74.1 Å². The second kappa shape index (κ2) is 21.6. The van der Waals surface area contributed by atoms with Crippen LogP contribution in [0.15, 0.2) is 73.3 Å². The maximum absolute atomic E-state index is 12.2. The number of benzene rings is 2. The summed E-state index contributed by atoms with van der Waals surface area (Å²) in [6.07, 6.45) is 4.52. The molecule has 26 atom stereocenters. The number of fused-ring (bicyclic) bond motifs is 9. The Hall–Kier alpha value is -2.46. The van der Waals surface area contributed by atoms with Crippen LogP contribution in [0.3, 0.4) is 0 Å². The summed E-state index contributed by atoms with van der Waals surface area (Å²) in [6, 6.07) is 20.4. The van der Waals surface area contributed by atoms with Gasteiger partial charge >= 0.3 is 0 Å². The van der Waals surface area contributed by atoms with Crippen LogP contribution in [0.1, 0.15) is 177 Å². The fourth-order valence-electron chi connectivity index (χ4n) is 18.0. The van der Waals surface area contributed by atoms with Crippen molar-refractivity contribution in [3.05, 3.63) is 84.4 Å². The number of rotatable bonds is 11. The molecule has 0 saturated carbocycles. The van der Waals surface area contributed by atoms with Crippen LogP contribution < -0.4 is 0 Å². The van der Waals surface area contributed by atoms with Gasteiger partial charge in [0.1, 0.15) is 23.4 Å². The van der Waals surface area contributed by atoms with Crippen molar-refractivity contribution in [3.8, 4) is 0 Å². The number of hydrogen-bond donors (Lipinski definition) is 3. The number of ether oxygens (including phenoxy) is 13. The Morgan fingerprint density at radius 2 is 1.11 bits per heavy atom. The average Bonchev–Trinajstić information content (AvgIpc) is 1.64. The molecule has 11 aliphatic rings. The van der Waals surface area contributed by atoms with Crippen molar-refractivity contribution >= 4 is 0 Å². The molecule has 3 N–H and O–H groups in total. The van der Waals surface area contributed by atoms with E-state index in [9.17, 15) is 15.3 Å². The summed E-state index contributed by atoms with van der Waals surface area (Å²) in [5, 5.41) is 33.1. The van der Waals surface area contributed by atoms with Crippen LogP contribution in [0.25, 0.3) is 0 Å². The van der Waals surface area contributed by atoms with Crippen molar-refractivity contribution in [2.75, 3.05) is 6.61 Å². The quantitative estimate of drug-likeness (QED) is 0.181. The van der Waals surface area contributed by atoms with E-state index in [1.807, 2.05) is 68.5 Å². The summed E-state index contributed by atoms with van der Waals surface area (Å²) in [5.74, 6) is 0. The SMILES string of the molecule is C=CC[C@]1(C)O[C@@H]2C[C@]3(C)O[C@@H]4C[C@]5(C)O[C@@H]6CC[C@@H]([C@]7(C)O[C@]8(C)C[C@@H]9O[C@@H]%10C[C@@H]%11O[C@H](CCO)[C@@H](O)C[C@@]%11(C)O[C@@]%10(C)CC[C@@]9(C)O[C@H]8C[C@H]7OCc7ccccc7)O[C@H]6C[C@H]5O[C@@]4(C)CC[C@H]3O[C@@]2(C)[C@@H](OCc2ccccc2)[C@H]1O. The third-order valence-electron chi connectivity index (χ3n) is 23.3. The molecular formula is C68H98O16. The standard InChI is InChI=1S/C68H98O16/c1-12-27-62(5)57(71)58(73-40-42-21-17-14-18-22-42)68(11)56(81-62)38-63(6)47(82-68)25-28-59(2)55(80-63)37-64(7)51(78-59)32-46-45(77-64)23-24-48(75-46)67(10)53(72-39-41-19-15-13-16-20-41)34-52-66(9,84-67)36-54-60(3,79-52)29-30-61(4)49(76-54)33-50-65(8,83-61)35-43(70)44(74-50)26-31-69/h12-22,43-58,69-71H,1,23-40H2,2-11H3/t43-,44+,45+,46-,47+,48-,49+,50-,51+,52-,53+,54-,55+,56+,57+,58-,59-,60+,61-,62-,63-,64-,65+,66+,67-,68+/m0/s1. The molecule has 466 valence electrons. The highest BCUT2D eigenvalue weighted by Crippen LogP contribution is 2.59. The Balaban J connectivity index is 0.727. The molecule has 16 heteroatoms. The molecule has 0 aliphatic carbocycles. The Morgan fingerprint density at radius 3 is 1.81 bits per heavy atom. The van der Waals surface area contributed by atoms with Crippen molar-refractivity contribution < 1.29 is 76.9 Å². The molecular weight excluding hydrogens is 1070 g/mol. The molecule has 13 rings (SSSR count). The minimum atomic E-state index is -0.973. The molecule has 2 aromatic rings. The van der Waals surface area contributed by atoms with Gasteiger partial charge in [-0.25, -0.2) is 0 Å². The molecule has 11 heterocycles. The van der Waals surface area contributed by atoms with Gasteiger partial charge in [0.25, 0.3) is 0 Å². The highest BCUT2D eigenvalue weighted by Gasteiger charge is 2.70. The fraction of sp³-hybridized carbons (Fsp3) is 0.794. The smallest absolute Gasteiger partial charge is 0.121 e. The minimum Gasteiger partial charge on any atom is -0.396 e. The van der Waals surface area contributed by atoms with E-state index in [1.165, 1.54) is 0 Å². The van der Waals surface area contributed by atoms with Gasteiger partial charge in [-0.1, -0.05) is 66.7 Å². The Kier molecular flexibility index (Phi) is 15.6. The monoisotopic (exact) mass is 1170 g/mol. The van der Waals surface area contributed by atoms with Crippen LogP contribution in [-0.4, -0.2) is 176 Å². The van der Waals surface area contributed by atoms with Gasteiger partial charge in [-0.15, -0.1) is 6.58 Å². The van der Waals surface area contributed by atoms with E-state index in [4.69, 9.17) is 61.6 Å². The zero-order chi connectivity index (χ0) is 59.1. The van der Waals surface area contributed by atoms with Gasteiger partial charge in [-0.3, -0.25) is 0 Å². The first kappa shape index (κ1) is 60.5. The molecule has 0 unspecified atom stereocenters. The summed E-state index contributed by atoms with van der Waals surface area (Å²) in [7, 11) is 0. The van der Waals surface area contributed by atoms with Crippen LogP contribution in [-0.2, 0) is 74.8 Å². The summed E-state index contributed by atoms with van der Waals surface area (Å²) in [6.45, 7) is 26.1. The van der Waals surface area contributed by atoms with Crippen molar-refractivity contribution in [2.45, 2.75) is 332 Å². The van der Waals surface area contributed by atoms with E-state index in [-0.39, 0.29) is 73.8 Å². The molecule has 11 saturated heterocycles. The third-order valence-corrected chi connectivity index (χ3v) is 23.3. The lowest BCUT2D eigenvalue weighted by Crippen LogP contribution is -2.75. The lowest BCUT2D eigenvalue weighted by Gasteiger charge is -2.63. The van der Waals surface area contributed by atoms with Gasteiger partial charge in [0.2, 0.25) is 0 Å². The molecule has 2 aromatic carbocycles. The molecule has 0 spiro atoms. The molecule has 11 aliphatic heterocycles. The molecule has 16 nitrogen and oxygen atoms in total. The molecule has 0 aromatic heterocycles. The van der Waals surface area contributed by atoms with E-state index in [1.54, 1.807) is 0 Å². The fourth-order valence-corrected chi connectivity index (χ4v) is 18.0. The van der Waals surface area contributed by atoms with Gasteiger partial charge in [0.15, 0.2) is 0 Å². The predicted octanol–water partition coefficient (Wildman–Crippen LogP) is 9.25. The molecule has 11 fully saturated rings. The first-order chi connectivity index (χ1) is 39.8. The highest BCUT2D eigenvalue weighted by atomic mass is 16.7. The van der Waals surface area contributed by atoms with Gasteiger partial charge in [-0.05, 0) is 132 Å². The van der Waals surface area contributed by atoms with Gasteiger partial charge in [0, 0.05) is 51.6 Å². The normalized spacial score (nSPS) is 53.2. The second-order valence-electron chi connectivity index (χ2n) is 29.9. The molecule has 0 radical (unpaired) electrons. The van der Waals surface area contributed by atoms with Crippen molar-refractivity contribution in [1.82, 2.24) is 0 Å². The Morgan fingerprint density at radius 1 is 0.500 bits per heavy atom. The topological polar surface area (TPSA) is 181 Å². The van der Waals surface area contributed by atoms with Crippen LogP contribution in [0.5, 0.6) is 0 Å². The van der Waals surface area contributed by atoms with E-state index in [0.29, 0.717) is 96.7 Å². The average molecular weight is 1170 g/mol. The first-order valence-electron chi connectivity index (χ1n) is 32.1. The van der Waals surface area contributed by atoms with E-state index in [0.717, 1.165) is 24.0 Å². The number of aliphatic hydroxyl groups is 3. The van der Waals surface area contributed by atoms with Crippen molar-refractivity contribution in [3.63, 3.8) is 0 Å². The van der Waals surface area contributed by atoms with Crippen molar-refractivity contribution in [1.29, 1.82) is 0 Å². The van der Waals surface area contributed by atoms with E-state index >= 15 is 0 Å². The summed E-state index contributed by atoms with van der Waals surface area (Å²) in [5.41, 5.74) is -5.47. The molecule has 84 heavy (non-hydrogen) atoms. The van der Waals surface area contributed by atoms with Gasteiger partial charge in [0.05, 0.1) is 143 Å². The Labute approximate surface area is 498 Å². The second-order valence-corrected chi connectivity index (χ2v) is 29.9. The summed E-state index contributed by atoms with van der Waals surface area (Å²) in [4.78, 5) is 0. The first-order valence-corrected chi connectivity index (χ1v) is 32.1. The maximum Gasteiger partial charge on any atom is 0.121 e. The van der Waals surface area contributed by atoms with Crippen LogP contribution >= 0.6 is 0 Å². The molecule has 0 amide bonds. The zero-order valence-electron chi connectivity index (χ0n) is 51.7. The summed E-state index contributed by atoms with van der Waals surface area (Å²) < 4.78 is 94.0. The minimum absolute atomic E-state index is 0.0584. The lowest BCUT2D eigenvalue weighted by molar-refractivity contribution is -0.383. The van der Waals surface area contributed by atoms with Crippen LogP contribution in [0.2, 0.25) is 0 Å². The lowest BCUT2D eigenvalue weighted by atomic mass is 9.70. The van der Waals surface area contributed by atoms with E-state index < -0.39 is 86.5 Å². The third kappa shape index (κ3) is 10.3. The number of hydrogen-bond acceptors (Lipinski definition) is 16. The largest absolute Gasteiger partial charge is 0.396 e.